The molecular weight excluding hydrogens is 312 g/mol. The fraction of sp³-hybridized carbons (Fsp3) is 0.444. The molecule has 0 radical (unpaired) electrons. The molecule has 1 fully saturated rings. The van der Waals surface area contributed by atoms with E-state index in [9.17, 15) is 0 Å². The summed E-state index contributed by atoms with van der Waals surface area (Å²) in [5, 5.41) is 3.05. The largest absolute Gasteiger partial charge is 0.302 e. The Morgan fingerprint density at radius 1 is 1.00 bits per heavy atom. The molecule has 1 aromatic carbocycles. The summed E-state index contributed by atoms with van der Waals surface area (Å²) in [7, 11) is 0. The van der Waals surface area contributed by atoms with Gasteiger partial charge in [-0.15, -0.1) is 11.3 Å². The minimum atomic E-state index is 0.796. The summed E-state index contributed by atoms with van der Waals surface area (Å²) in [5.41, 5.74) is 2.56. The molecule has 1 aliphatic rings. The van der Waals surface area contributed by atoms with Crippen LogP contribution in [-0.2, 0) is 6.54 Å². The van der Waals surface area contributed by atoms with Gasteiger partial charge in [0, 0.05) is 29.5 Å². The molecular formula is C18H23ClN2S. The number of hydrogen-bond donors (Lipinski definition) is 0. The molecule has 2 aromatic rings. The van der Waals surface area contributed by atoms with E-state index < -0.39 is 0 Å². The van der Waals surface area contributed by atoms with Crippen molar-refractivity contribution in [1.82, 2.24) is 9.80 Å². The maximum absolute atomic E-state index is 5.96. The van der Waals surface area contributed by atoms with Gasteiger partial charge in [0.2, 0.25) is 0 Å². The van der Waals surface area contributed by atoms with E-state index in [2.05, 4.69) is 40.3 Å². The monoisotopic (exact) mass is 334 g/mol. The Bertz CT molecular complexity index is 593. The van der Waals surface area contributed by atoms with Crippen LogP contribution in [0.1, 0.15) is 18.2 Å². The van der Waals surface area contributed by atoms with Crippen LogP contribution in [0.4, 0.5) is 0 Å². The molecule has 0 amide bonds. The highest BCUT2D eigenvalue weighted by atomic mass is 35.5. The predicted molar refractivity (Wildman–Crippen MR) is 96.8 cm³/mol. The molecule has 0 N–H and O–H groups in total. The van der Waals surface area contributed by atoms with Gasteiger partial charge in [-0.05, 0) is 60.8 Å². The van der Waals surface area contributed by atoms with Crippen LogP contribution in [0.3, 0.4) is 0 Å². The lowest BCUT2D eigenvalue weighted by molar-refractivity contribution is 0.259. The van der Waals surface area contributed by atoms with Crippen LogP contribution in [0, 0.1) is 0 Å². The Hall–Kier alpha value is -0.870. The first-order valence-corrected chi connectivity index (χ1v) is 9.28. The third kappa shape index (κ3) is 4.11. The van der Waals surface area contributed by atoms with Gasteiger partial charge in [0.25, 0.3) is 0 Å². The first-order valence-electron chi connectivity index (χ1n) is 8.02. The van der Waals surface area contributed by atoms with Crippen LogP contribution in [0.15, 0.2) is 35.7 Å². The zero-order chi connectivity index (χ0) is 15.4. The van der Waals surface area contributed by atoms with Gasteiger partial charge >= 0.3 is 0 Å². The van der Waals surface area contributed by atoms with E-state index in [-0.39, 0.29) is 0 Å². The molecule has 4 heteroatoms. The van der Waals surface area contributed by atoms with Gasteiger partial charge < -0.3 is 4.90 Å². The van der Waals surface area contributed by atoms with E-state index in [1.165, 1.54) is 55.1 Å². The molecule has 1 aliphatic heterocycles. The summed E-state index contributed by atoms with van der Waals surface area (Å²) in [4.78, 5) is 6.59. The minimum Gasteiger partial charge on any atom is -0.302 e. The maximum atomic E-state index is 5.96. The Kier molecular flexibility index (Phi) is 5.53. The van der Waals surface area contributed by atoms with Gasteiger partial charge in [0.1, 0.15) is 0 Å². The summed E-state index contributed by atoms with van der Waals surface area (Å²) < 4.78 is 0. The molecule has 2 heterocycles. The van der Waals surface area contributed by atoms with Gasteiger partial charge in [-0.1, -0.05) is 30.7 Å². The summed E-state index contributed by atoms with van der Waals surface area (Å²) in [5.74, 6) is 0. The van der Waals surface area contributed by atoms with Crippen LogP contribution in [0.5, 0.6) is 0 Å². The molecule has 0 unspecified atom stereocenters. The molecule has 0 saturated carbocycles. The van der Waals surface area contributed by atoms with Crippen LogP contribution in [-0.4, -0.2) is 42.5 Å². The topological polar surface area (TPSA) is 6.48 Å². The predicted octanol–water partition coefficient (Wildman–Crippen LogP) is 4.60. The number of benzene rings is 1. The second-order valence-electron chi connectivity index (χ2n) is 5.87. The van der Waals surface area contributed by atoms with Crippen molar-refractivity contribution in [2.75, 3.05) is 32.7 Å². The molecule has 0 bridgehead atoms. The number of thiophene rings is 1. The van der Waals surface area contributed by atoms with E-state index in [4.69, 9.17) is 11.6 Å². The van der Waals surface area contributed by atoms with Crippen molar-refractivity contribution in [2.24, 2.45) is 0 Å². The molecule has 3 rings (SSSR count). The van der Waals surface area contributed by atoms with Crippen molar-refractivity contribution >= 4 is 22.9 Å². The first-order chi connectivity index (χ1) is 10.7. The number of nitrogens with zero attached hydrogens (tertiary/aromatic N) is 2. The van der Waals surface area contributed by atoms with Crippen molar-refractivity contribution in [3.05, 3.63) is 45.6 Å². The third-order valence-electron chi connectivity index (χ3n) is 4.34. The fourth-order valence-electron chi connectivity index (χ4n) is 2.98. The summed E-state index contributed by atoms with van der Waals surface area (Å²) in [6.45, 7) is 9.35. The van der Waals surface area contributed by atoms with Gasteiger partial charge in [0.05, 0.1) is 0 Å². The molecule has 0 spiro atoms. The standard InChI is InChI=1S/C18H23ClN2S/c1-2-20-8-3-9-21(11-10-20)13-18-12-16(14-22-18)15-4-6-17(19)7-5-15/h4-7,12,14H,2-3,8-11,13H2,1H3. The summed E-state index contributed by atoms with van der Waals surface area (Å²) in [6.07, 6.45) is 1.28. The van der Waals surface area contributed by atoms with Crippen molar-refractivity contribution < 1.29 is 0 Å². The second-order valence-corrected chi connectivity index (χ2v) is 7.30. The minimum absolute atomic E-state index is 0.796. The molecule has 0 atom stereocenters. The Morgan fingerprint density at radius 2 is 1.73 bits per heavy atom. The van der Waals surface area contributed by atoms with Gasteiger partial charge in [-0.3, -0.25) is 4.90 Å². The fourth-order valence-corrected chi connectivity index (χ4v) is 4.04. The molecule has 1 saturated heterocycles. The van der Waals surface area contributed by atoms with Crippen LogP contribution < -0.4 is 0 Å². The zero-order valence-electron chi connectivity index (χ0n) is 13.1. The van der Waals surface area contributed by atoms with Crippen molar-refractivity contribution in [2.45, 2.75) is 19.9 Å². The van der Waals surface area contributed by atoms with Gasteiger partial charge in [0.15, 0.2) is 0 Å². The maximum Gasteiger partial charge on any atom is 0.0406 e. The van der Waals surface area contributed by atoms with Crippen molar-refractivity contribution in [1.29, 1.82) is 0 Å². The summed E-state index contributed by atoms with van der Waals surface area (Å²) in [6, 6.07) is 10.4. The van der Waals surface area contributed by atoms with Gasteiger partial charge in [-0.2, -0.15) is 0 Å². The molecule has 2 nitrogen and oxygen atoms in total. The highest BCUT2D eigenvalue weighted by Crippen LogP contribution is 2.27. The first kappa shape index (κ1) is 16.0. The quantitative estimate of drug-likeness (QED) is 0.806. The average molecular weight is 335 g/mol. The molecule has 118 valence electrons. The zero-order valence-corrected chi connectivity index (χ0v) is 14.7. The number of halogens is 1. The van der Waals surface area contributed by atoms with E-state index in [0.29, 0.717) is 0 Å². The number of rotatable bonds is 4. The van der Waals surface area contributed by atoms with Gasteiger partial charge in [-0.25, -0.2) is 0 Å². The molecule has 0 aliphatic carbocycles. The van der Waals surface area contributed by atoms with E-state index >= 15 is 0 Å². The normalized spacial score (nSPS) is 17.5. The number of likely N-dealkylation sites (N-methyl/N-ethyl adjacent to an activating group) is 1. The molecule has 1 aromatic heterocycles. The highest BCUT2D eigenvalue weighted by Gasteiger charge is 2.14. The molecule has 22 heavy (non-hydrogen) atoms. The van der Waals surface area contributed by atoms with E-state index in [1.807, 2.05) is 23.5 Å². The smallest absolute Gasteiger partial charge is 0.0406 e. The summed E-state index contributed by atoms with van der Waals surface area (Å²) >= 11 is 7.83. The van der Waals surface area contributed by atoms with Crippen LogP contribution >= 0.6 is 22.9 Å². The lowest BCUT2D eigenvalue weighted by Gasteiger charge is -2.20. The van der Waals surface area contributed by atoms with E-state index in [1.54, 1.807) is 0 Å². The van der Waals surface area contributed by atoms with Crippen molar-refractivity contribution in [3.8, 4) is 11.1 Å². The second kappa shape index (κ2) is 7.60. The van der Waals surface area contributed by atoms with E-state index in [0.717, 1.165) is 11.6 Å². The number of hydrogen-bond acceptors (Lipinski definition) is 3. The highest BCUT2D eigenvalue weighted by molar-refractivity contribution is 7.10. The Balaban J connectivity index is 1.63. The lowest BCUT2D eigenvalue weighted by Crippen LogP contribution is -2.30. The van der Waals surface area contributed by atoms with Crippen LogP contribution in [0.25, 0.3) is 11.1 Å². The van der Waals surface area contributed by atoms with Crippen LogP contribution in [0.2, 0.25) is 5.02 Å². The van der Waals surface area contributed by atoms with Crippen molar-refractivity contribution in [3.63, 3.8) is 0 Å². The Labute approximate surface area is 142 Å². The average Bonchev–Trinajstić information content (AvgIpc) is 2.87. The Morgan fingerprint density at radius 3 is 2.50 bits per heavy atom. The third-order valence-corrected chi connectivity index (χ3v) is 5.51. The lowest BCUT2D eigenvalue weighted by atomic mass is 10.1. The SMILES string of the molecule is CCN1CCCN(Cc2cc(-c3ccc(Cl)cc3)cs2)CC1.